The molecule has 1 unspecified atom stereocenters. The predicted molar refractivity (Wildman–Crippen MR) is 57.8 cm³/mol. The Morgan fingerprint density at radius 1 is 1.60 bits per heavy atom. The van der Waals surface area contributed by atoms with Gasteiger partial charge in [-0.1, -0.05) is 0 Å². The van der Waals surface area contributed by atoms with Crippen LogP contribution in [0.3, 0.4) is 0 Å². The predicted octanol–water partition coefficient (Wildman–Crippen LogP) is 0.855. The van der Waals surface area contributed by atoms with E-state index in [-0.39, 0.29) is 6.04 Å². The number of ether oxygens (including phenoxy) is 1. The fraction of sp³-hybridized carbons (Fsp3) is 0.700. The standard InChI is InChI=1S/C10H19N3O2/c1-7(2)13-10(8(14)4-5-11)9(15-3)6-12-13/h6-8,14H,4-5,11H2,1-3H3. The van der Waals surface area contributed by atoms with E-state index in [4.69, 9.17) is 10.5 Å². The Morgan fingerprint density at radius 2 is 2.27 bits per heavy atom. The lowest BCUT2D eigenvalue weighted by molar-refractivity contribution is 0.153. The first-order valence-electron chi connectivity index (χ1n) is 5.11. The van der Waals surface area contributed by atoms with Gasteiger partial charge in [0, 0.05) is 6.04 Å². The lowest BCUT2D eigenvalue weighted by Gasteiger charge is -2.16. The van der Waals surface area contributed by atoms with Gasteiger partial charge < -0.3 is 15.6 Å². The molecule has 0 bridgehead atoms. The van der Waals surface area contributed by atoms with Gasteiger partial charge in [0.15, 0.2) is 5.75 Å². The van der Waals surface area contributed by atoms with Crippen molar-refractivity contribution in [1.29, 1.82) is 0 Å². The number of hydrogen-bond donors (Lipinski definition) is 2. The van der Waals surface area contributed by atoms with Gasteiger partial charge in [-0.2, -0.15) is 5.10 Å². The Bertz CT molecular complexity index is 310. The van der Waals surface area contributed by atoms with E-state index in [0.717, 1.165) is 0 Å². The molecule has 0 spiro atoms. The largest absolute Gasteiger partial charge is 0.493 e. The Balaban J connectivity index is 3.04. The van der Waals surface area contributed by atoms with E-state index >= 15 is 0 Å². The second-order valence-corrected chi connectivity index (χ2v) is 3.73. The van der Waals surface area contributed by atoms with E-state index < -0.39 is 6.10 Å². The molecule has 5 heteroatoms. The first-order chi connectivity index (χ1) is 7.11. The van der Waals surface area contributed by atoms with Crippen LogP contribution in [0.4, 0.5) is 0 Å². The summed E-state index contributed by atoms with van der Waals surface area (Å²) >= 11 is 0. The van der Waals surface area contributed by atoms with Crippen molar-refractivity contribution in [1.82, 2.24) is 9.78 Å². The molecule has 0 saturated heterocycles. The molecular weight excluding hydrogens is 194 g/mol. The molecule has 1 rings (SSSR count). The molecule has 0 saturated carbocycles. The molecule has 0 radical (unpaired) electrons. The minimum atomic E-state index is -0.616. The Morgan fingerprint density at radius 3 is 2.73 bits per heavy atom. The number of aliphatic hydroxyl groups is 1. The van der Waals surface area contributed by atoms with Crippen LogP contribution < -0.4 is 10.5 Å². The summed E-state index contributed by atoms with van der Waals surface area (Å²) in [6.45, 7) is 4.45. The first-order valence-corrected chi connectivity index (χ1v) is 5.11. The van der Waals surface area contributed by atoms with Gasteiger partial charge in [-0.3, -0.25) is 4.68 Å². The molecule has 0 aliphatic carbocycles. The van der Waals surface area contributed by atoms with Crippen LogP contribution in [-0.4, -0.2) is 28.5 Å². The molecule has 0 aromatic carbocycles. The zero-order chi connectivity index (χ0) is 11.4. The highest BCUT2D eigenvalue weighted by Crippen LogP contribution is 2.28. The minimum Gasteiger partial charge on any atom is -0.493 e. The number of aromatic nitrogens is 2. The van der Waals surface area contributed by atoms with E-state index in [1.807, 2.05) is 13.8 Å². The molecule has 86 valence electrons. The molecule has 5 nitrogen and oxygen atoms in total. The highest BCUT2D eigenvalue weighted by atomic mass is 16.5. The number of nitrogens with zero attached hydrogens (tertiary/aromatic N) is 2. The van der Waals surface area contributed by atoms with Gasteiger partial charge >= 0.3 is 0 Å². The Labute approximate surface area is 89.8 Å². The average molecular weight is 213 g/mol. The van der Waals surface area contributed by atoms with Crippen LogP contribution in [0, 0.1) is 0 Å². The van der Waals surface area contributed by atoms with Crippen molar-refractivity contribution in [2.24, 2.45) is 5.73 Å². The number of methoxy groups -OCH3 is 1. The number of hydrogen-bond acceptors (Lipinski definition) is 4. The first kappa shape index (κ1) is 12.0. The van der Waals surface area contributed by atoms with E-state index in [1.54, 1.807) is 18.0 Å². The topological polar surface area (TPSA) is 73.3 Å². The Kier molecular flexibility index (Phi) is 4.11. The SMILES string of the molecule is COc1cnn(C(C)C)c1C(O)CCN. The van der Waals surface area contributed by atoms with Crippen LogP contribution in [0.25, 0.3) is 0 Å². The summed E-state index contributed by atoms with van der Waals surface area (Å²) in [4.78, 5) is 0. The van der Waals surface area contributed by atoms with Crippen LogP contribution in [0.5, 0.6) is 5.75 Å². The normalized spacial score (nSPS) is 13.2. The lowest BCUT2D eigenvalue weighted by Crippen LogP contribution is -2.14. The maximum Gasteiger partial charge on any atom is 0.162 e. The third-order valence-corrected chi connectivity index (χ3v) is 2.26. The van der Waals surface area contributed by atoms with Crippen LogP contribution in [0.2, 0.25) is 0 Å². The third-order valence-electron chi connectivity index (χ3n) is 2.26. The molecular formula is C10H19N3O2. The second-order valence-electron chi connectivity index (χ2n) is 3.73. The number of rotatable bonds is 5. The molecule has 3 N–H and O–H groups in total. The maximum absolute atomic E-state index is 9.93. The van der Waals surface area contributed by atoms with Crippen molar-refractivity contribution in [3.05, 3.63) is 11.9 Å². The second kappa shape index (κ2) is 5.14. The average Bonchev–Trinajstić information content (AvgIpc) is 2.61. The van der Waals surface area contributed by atoms with Crippen molar-refractivity contribution in [3.8, 4) is 5.75 Å². The van der Waals surface area contributed by atoms with E-state index in [1.165, 1.54) is 0 Å². The van der Waals surface area contributed by atoms with E-state index in [0.29, 0.717) is 24.4 Å². The van der Waals surface area contributed by atoms with Crippen molar-refractivity contribution < 1.29 is 9.84 Å². The van der Waals surface area contributed by atoms with E-state index in [2.05, 4.69) is 5.10 Å². The molecule has 15 heavy (non-hydrogen) atoms. The van der Waals surface area contributed by atoms with Crippen molar-refractivity contribution in [2.75, 3.05) is 13.7 Å². The van der Waals surface area contributed by atoms with Gasteiger partial charge in [-0.25, -0.2) is 0 Å². The molecule has 0 aliphatic rings. The molecule has 0 fully saturated rings. The van der Waals surface area contributed by atoms with Crippen LogP contribution in [0.15, 0.2) is 6.20 Å². The van der Waals surface area contributed by atoms with Crippen LogP contribution in [0.1, 0.15) is 38.1 Å². The summed E-state index contributed by atoms with van der Waals surface area (Å²) in [7, 11) is 1.57. The lowest BCUT2D eigenvalue weighted by atomic mass is 10.1. The third kappa shape index (κ3) is 2.49. The zero-order valence-electron chi connectivity index (χ0n) is 9.47. The summed E-state index contributed by atoms with van der Waals surface area (Å²) in [6, 6.07) is 0.191. The summed E-state index contributed by atoms with van der Waals surface area (Å²) in [6.07, 6.45) is 1.51. The van der Waals surface area contributed by atoms with Gasteiger partial charge in [0.25, 0.3) is 0 Å². The summed E-state index contributed by atoms with van der Waals surface area (Å²) < 4.78 is 6.92. The van der Waals surface area contributed by atoms with Gasteiger partial charge in [-0.05, 0) is 26.8 Å². The fourth-order valence-electron chi connectivity index (χ4n) is 1.54. The van der Waals surface area contributed by atoms with Crippen LogP contribution >= 0.6 is 0 Å². The summed E-state index contributed by atoms with van der Waals surface area (Å²) in [5.41, 5.74) is 6.13. The highest BCUT2D eigenvalue weighted by Gasteiger charge is 2.20. The highest BCUT2D eigenvalue weighted by molar-refractivity contribution is 5.27. The molecule has 1 aromatic rings. The summed E-state index contributed by atoms with van der Waals surface area (Å²) in [5.74, 6) is 0.615. The van der Waals surface area contributed by atoms with Crippen molar-refractivity contribution in [3.63, 3.8) is 0 Å². The van der Waals surface area contributed by atoms with Crippen molar-refractivity contribution in [2.45, 2.75) is 32.4 Å². The molecule has 1 heterocycles. The van der Waals surface area contributed by atoms with Crippen molar-refractivity contribution >= 4 is 0 Å². The Hall–Kier alpha value is -1.07. The quantitative estimate of drug-likeness (QED) is 0.760. The zero-order valence-corrected chi connectivity index (χ0v) is 9.47. The van der Waals surface area contributed by atoms with E-state index in [9.17, 15) is 5.11 Å². The van der Waals surface area contributed by atoms with Gasteiger partial charge in [0.2, 0.25) is 0 Å². The molecule has 0 aliphatic heterocycles. The van der Waals surface area contributed by atoms with Crippen LogP contribution in [-0.2, 0) is 0 Å². The fourth-order valence-corrected chi connectivity index (χ4v) is 1.54. The molecule has 0 amide bonds. The molecule has 1 atom stereocenters. The van der Waals surface area contributed by atoms with Gasteiger partial charge in [0.05, 0.1) is 13.3 Å². The molecule has 1 aromatic heterocycles. The number of nitrogens with two attached hydrogens (primary N) is 1. The maximum atomic E-state index is 9.93. The van der Waals surface area contributed by atoms with Gasteiger partial charge in [0.1, 0.15) is 11.8 Å². The smallest absolute Gasteiger partial charge is 0.162 e. The monoisotopic (exact) mass is 213 g/mol. The van der Waals surface area contributed by atoms with Gasteiger partial charge in [-0.15, -0.1) is 0 Å². The number of aliphatic hydroxyl groups excluding tert-OH is 1. The minimum absolute atomic E-state index is 0.191. The summed E-state index contributed by atoms with van der Waals surface area (Å²) in [5, 5.41) is 14.1.